The van der Waals surface area contributed by atoms with Crippen LogP contribution in [0.4, 0.5) is 11.6 Å². The molecule has 70 valence electrons. The molecule has 13 heavy (non-hydrogen) atoms. The van der Waals surface area contributed by atoms with Gasteiger partial charge in [0.25, 0.3) is 0 Å². The number of nitrogen functional groups attached to an aromatic ring is 1. The molecule has 1 aromatic heterocycles. The van der Waals surface area contributed by atoms with Gasteiger partial charge in [0.2, 0.25) is 5.75 Å². The lowest BCUT2D eigenvalue weighted by molar-refractivity contribution is 0.280. The molecule has 1 unspecified atom stereocenters. The molecule has 2 rings (SSSR count). The maximum Gasteiger partial charge on any atom is 0.204 e. The Balaban J connectivity index is 2.31. The number of aromatic nitrogens is 2. The van der Waals surface area contributed by atoms with E-state index >= 15 is 0 Å². The van der Waals surface area contributed by atoms with Gasteiger partial charge < -0.3 is 15.8 Å². The van der Waals surface area contributed by atoms with Crippen LogP contribution in [0.25, 0.3) is 0 Å². The lowest BCUT2D eigenvalue weighted by Crippen LogP contribution is -2.31. The van der Waals surface area contributed by atoms with Gasteiger partial charge in [-0.3, -0.25) is 0 Å². The predicted octanol–water partition coefficient (Wildman–Crippen LogP) is 0.642. The lowest BCUT2D eigenvalue weighted by atomic mass is 10.2. The second-order valence-electron chi connectivity index (χ2n) is 3.00. The fourth-order valence-electron chi connectivity index (χ4n) is 1.27. The molecule has 1 aliphatic rings. The standard InChI is InChI=1S/C8H12N4O/c1-2-5-3-13-6-7(9)10-4-11-8(6)12-5/h4-5H,2-3H2,1H3,(H3,9,10,11,12). The number of ether oxygens (including phenoxy) is 1. The van der Waals surface area contributed by atoms with Gasteiger partial charge in [0, 0.05) is 0 Å². The highest BCUT2D eigenvalue weighted by Gasteiger charge is 2.20. The minimum atomic E-state index is 0.321. The maximum atomic E-state index is 5.61. The van der Waals surface area contributed by atoms with Crippen LogP contribution in [0.5, 0.6) is 5.75 Å². The zero-order valence-electron chi connectivity index (χ0n) is 7.45. The van der Waals surface area contributed by atoms with E-state index in [1.807, 2.05) is 0 Å². The van der Waals surface area contributed by atoms with Crippen molar-refractivity contribution in [1.29, 1.82) is 0 Å². The van der Waals surface area contributed by atoms with Crippen molar-refractivity contribution in [1.82, 2.24) is 9.97 Å². The second-order valence-corrected chi connectivity index (χ2v) is 3.00. The summed E-state index contributed by atoms with van der Waals surface area (Å²) in [5.41, 5.74) is 5.61. The molecular weight excluding hydrogens is 168 g/mol. The number of hydrogen-bond acceptors (Lipinski definition) is 5. The SMILES string of the molecule is CCC1COc2c(N)ncnc2N1. The summed E-state index contributed by atoms with van der Waals surface area (Å²) >= 11 is 0. The average molecular weight is 180 g/mol. The van der Waals surface area contributed by atoms with Crippen LogP contribution < -0.4 is 15.8 Å². The van der Waals surface area contributed by atoms with Gasteiger partial charge in [0.15, 0.2) is 11.6 Å². The van der Waals surface area contributed by atoms with Crippen LogP contribution in [0.15, 0.2) is 6.33 Å². The number of nitrogens with two attached hydrogens (primary N) is 1. The summed E-state index contributed by atoms with van der Waals surface area (Å²) in [6.07, 6.45) is 2.44. The molecule has 0 spiro atoms. The Hall–Kier alpha value is -1.52. The molecule has 1 aliphatic heterocycles. The number of rotatable bonds is 1. The fourth-order valence-corrected chi connectivity index (χ4v) is 1.27. The van der Waals surface area contributed by atoms with Gasteiger partial charge in [-0.05, 0) is 6.42 Å². The molecule has 0 bridgehead atoms. The topological polar surface area (TPSA) is 73.1 Å². The highest BCUT2D eigenvalue weighted by molar-refractivity contribution is 5.62. The summed E-state index contributed by atoms with van der Waals surface area (Å²) in [5.74, 6) is 1.67. The Morgan fingerprint density at radius 2 is 2.54 bits per heavy atom. The zero-order chi connectivity index (χ0) is 9.26. The predicted molar refractivity (Wildman–Crippen MR) is 49.6 cm³/mol. The molecule has 3 N–H and O–H groups in total. The van der Waals surface area contributed by atoms with E-state index in [0.29, 0.717) is 30.0 Å². The van der Waals surface area contributed by atoms with E-state index in [4.69, 9.17) is 10.5 Å². The Morgan fingerprint density at radius 1 is 1.69 bits per heavy atom. The van der Waals surface area contributed by atoms with Gasteiger partial charge in [-0.1, -0.05) is 6.92 Å². The molecule has 0 saturated heterocycles. The van der Waals surface area contributed by atoms with Gasteiger partial charge >= 0.3 is 0 Å². The van der Waals surface area contributed by atoms with Gasteiger partial charge in [-0.15, -0.1) is 0 Å². The molecule has 5 heteroatoms. The maximum absolute atomic E-state index is 5.61. The first-order valence-corrected chi connectivity index (χ1v) is 4.31. The number of hydrogen-bond donors (Lipinski definition) is 2. The largest absolute Gasteiger partial charge is 0.484 e. The zero-order valence-corrected chi connectivity index (χ0v) is 7.45. The third-order valence-corrected chi connectivity index (χ3v) is 2.09. The summed E-state index contributed by atoms with van der Waals surface area (Å²) in [6, 6.07) is 0.321. The molecule has 2 heterocycles. The molecule has 5 nitrogen and oxygen atoms in total. The summed E-state index contributed by atoms with van der Waals surface area (Å²) in [6.45, 7) is 2.72. The van der Waals surface area contributed by atoms with Crippen LogP contribution in [-0.2, 0) is 0 Å². The Labute approximate surface area is 76.3 Å². The third-order valence-electron chi connectivity index (χ3n) is 2.09. The van der Waals surface area contributed by atoms with Crippen molar-refractivity contribution in [3.8, 4) is 5.75 Å². The van der Waals surface area contributed by atoms with Crippen molar-refractivity contribution in [3.63, 3.8) is 0 Å². The van der Waals surface area contributed by atoms with Crippen LogP contribution in [-0.4, -0.2) is 22.6 Å². The number of anilines is 2. The molecule has 0 aromatic carbocycles. The first-order chi connectivity index (χ1) is 6.31. The third kappa shape index (κ3) is 1.37. The summed E-state index contributed by atoms with van der Waals surface area (Å²) in [4.78, 5) is 7.90. The molecule has 1 atom stereocenters. The van der Waals surface area contributed by atoms with Crippen molar-refractivity contribution in [2.45, 2.75) is 19.4 Å². The van der Waals surface area contributed by atoms with E-state index < -0.39 is 0 Å². The minimum Gasteiger partial charge on any atom is -0.484 e. The Bertz CT molecular complexity index is 315. The monoisotopic (exact) mass is 180 g/mol. The first-order valence-electron chi connectivity index (χ1n) is 4.31. The molecule has 0 radical (unpaired) electrons. The number of nitrogens with zero attached hydrogens (tertiary/aromatic N) is 2. The van der Waals surface area contributed by atoms with Crippen LogP contribution in [0.1, 0.15) is 13.3 Å². The van der Waals surface area contributed by atoms with Crippen LogP contribution in [0, 0.1) is 0 Å². The van der Waals surface area contributed by atoms with Crippen molar-refractivity contribution >= 4 is 11.6 Å². The van der Waals surface area contributed by atoms with Crippen LogP contribution >= 0.6 is 0 Å². The van der Waals surface area contributed by atoms with Crippen molar-refractivity contribution in [2.24, 2.45) is 0 Å². The summed E-state index contributed by atoms with van der Waals surface area (Å²) < 4.78 is 5.45. The van der Waals surface area contributed by atoms with Crippen molar-refractivity contribution < 1.29 is 4.74 Å². The molecular formula is C8H12N4O. The summed E-state index contributed by atoms with van der Waals surface area (Å²) in [5, 5.41) is 3.23. The lowest BCUT2D eigenvalue weighted by Gasteiger charge is -2.25. The number of nitrogens with one attached hydrogen (secondary N) is 1. The highest BCUT2D eigenvalue weighted by Crippen LogP contribution is 2.30. The van der Waals surface area contributed by atoms with E-state index in [-0.39, 0.29) is 0 Å². The molecule has 0 saturated carbocycles. The van der Waals surface area contributed by atoms with E-state index in [1.54, 1.807) is 0 Å². The van der Waals surface area contributed by atoms with Crippen LogP contribution in [0.2, 0.25) is 0 Å². The summed E-state index contributed by atoms with van der Waals surface area (Å²) in [7, 11) is 0. The van der Waals surface area contributed by atoms with Gasteiger partial charge in [0.1, 0.15) is 12.9 Å². The van der Waals surface area contributed by atoms with E-state index in [2.05, 4.69) is 22.2 Å². The van der Waals surface area contributed by atoms with Crippen LogP contribution in [0.3, 0.4) is 0 Å². The van der Waals surface area contributed by atoms with E-state index in [1.165, 1.54) is 6.33 Å². The first kappa shape index (κ1) is 8.10. The number of fused-ring (bicyclic) bond motifs is 1. The van der Waals surface area contributed by atoms with Crippen molar-refractivity contribution in [3.05, 3.63) is 6.33 Å². The average Bonchev–Trinajstić information content (AvgIpc) is 2.18. The normalized spacial score (nSPS) is 19.9. The molecule has 1 aromatic rings. The molecule has 0 amide bonds. The van der Waals surface area contributed by atoms with Crippen molar-refractivity contribution in [2.75, 3.05) is 17.7 Å². The Kier molecular flexibility index (Phi) is 1.92. The van der Waals surface area contributed by atoms with Gasteiger partial charge in [0.05, 0.1) is 6.04 Å². The quantitative estimate of drug-likeness (QED) is 0.663. The highest BCUT2D eigenvalue weighted by atomic mass is 16.5. The minimum absolute atomic E-state index is 0.321. The smallest absolute Gasteiger partial charge is 0.204 e. The fraction of sp³-hybridized carbons (Fsp3) is 0.500. The van der Waals surface area contributed by atoms with E-state index in [0.717, 1.165) is 6.42 Å². The molecule has 0 aliphatic carbocycles. The second kappa shape index (κ2) is 3.08. The van der Waals surface area contributed by atoms with Gasteiger partial charge in [-0.2, -0.15) is 0 Å². The Morgan fingerprint density at radius 3 is 3.31 bits per heavy atom. The molecule has 0 fully saturated rings. The van der Waals surface area contributed by atoms with E-state index in [9.17, 15) is 0 Å². The van der Waals surface area contributed by atoms with Gasteiger partial charge in [-0.25, -0.2) is 9.97 Å².